The number of hydrogen-bond acceptors (Lipinski definition) is 6. The Morgan fingerprint density at radius 3 is 2.39 bits per heavy atom. The van der Waals surface area contributed by atoms with Gasteiger partial charge in [0.25, 0.3) is 11.8 Å². The SMILES string of the molecule is COc1ccc(C(=O)N2CCOc3ccc(C(=O)N4CCOCC4)cc3C2)c(OC)c1. The molecule has 31 heavy (non-hydrogen) atoms. The minimum absolute atomic E-state index is 0.0370. The lowest BCUT2D eigenvalue weighted by atomic mass is 10.1. The Kier molecular flexibility index (Phi) is 6.27. The second kappa shape index (κ2) is 9.26. The highest BCUT2D eigenvalue weighted by Crippen LogP contribution is 2.29. The third-order valence-electron chi connectivity index (χ3n) is 5.51. The summed E-state index contributed by atoms with van der Waals surface area (Å²) in [5.74, 6) is 1.55. The van der Waals surface area contributed by atoms with Crippen LogP contribution in [-0.4, -0.2) is 75.3 Å². The van der Waals surface area contributed by atoms with E-state index < -0.39 is 0 Å². The second-order valence-electron chi connectivity index (χ2n) is 7.37. The third-order valence-corrected chi connectivity index (χ3v) is 5.51. The van der Waals surface area contributed by atoms with E-state index >= 15 is 0 Å². The van der Waals surface area contributed by atoms with E-state index in [1.165, 1.54) is 7.11 Å². The standard InChI is InChI=1S/C23H26N2O6/c1-28-18-4-5-19(21(14-18)29-2)23(27)25-9-12-31-20-6-3-16(13-17(20)15-25)22(26)24-7-10-30-11-8-24/h3-6,13-14H,7-12,15H2,1-2H3. The molecule has 0 bridgehead atoms. The Labute approximate surface area is 181 Å². The Hall–Kier alpha value is -3.26. The van der Waals surface area contributed by atoms with Crippen molar-refractivity contribution in [3.8, 4) is 17.2 Å². The molecule has 2 aliphatic heterocycles. The normalized spacial score (nSPS) is 16.1. The number of rotatable bonds is 4. The molecule has 0 saturated carbocycles. The minimum atomic E-state index is -0.166. The first-order chi connectivity index (χ1) is 15.1. The molecule has 2 aliphatic rings. The number of morpholine rings is 1. The van der Waals surface area contributed by atoms with Crippen molar-refractivity contribution in [3.63, 3.8) is 0 Å². The molecule has 164 valence electrons. The summed E-state index contributed by atoms with van der Waals surface area (Å²) >= 11 is 0. The van der Waals surface area contributed by atoms with E-state index in [1.54, 1.807) is 41.2 Å². The third kappa shape index (κ3) is 4.44. The molecule has 2 aromatic rings. The molecule has 0 N–H and O–H groups in total. The molecule has 8 heteroatoms. The van der Waals surface area contributed by atoms with E-state index in [1.807, 2.05) is 12.1 Å². The van der Waals surface area contributed by atoms with Gasteiger partial charge in [-0.1, -0.05) is 0 Å². The first-order valence-corrected chi connectivity index (χ1v) is 10.2. The molecular weight excluding hydrogens is 400 g/mol. The number of benzene rings is 2. The van der Waals surface area contributed by atoms with Gasteiger partial charge in [0.2, 0.25) is 0 Å². The van der Waals surface area contributed by atoms with Gasteiger partial charge in [0.1, 0.15) is 23.9 Å². The molecule has 0 spiro atoms. The van der Waals surface area contributed by atoms with Crippen LogP contribution >= 0.6 is 0 Å². The fraction of sp³-hybridized carbons (Fsp3) is 0.391. The lowest BCUT2D eigenvalue weighted by molar-refractivity contribution is 0.0303. The molecule has 0 unspecified atom stereocenters. The lowest BCUT2D eigenvalue weighted by Crippen LogP contribution is -2.40. The van der Waals surface area contributed by atoms with Gasteiger partial charge in [0, 0.05) is 36.8 Å². The van der Waals surface area contributed by atoms with Crippen molar-refractivity contribution in [2.45, 2.75) is 6.54 Å². The molecule has 1 fully saturated rings. The van der Waals surface area contributed by atoms with Crippen molar-refractivity contribution in [1.82, 2.24) is 9.80 Å². The maximum atomic E-state index is 13.3. The van der Waals surface area contributed by atoms with Crippen LogP contribution in [0.5, 0.6) is 17.2 Å². The van der Waals surface area contributed by atoms with Crippen molar-refractivity contribution in [2.75, 3.05) is 53.7 Å². The first kappa shape index (κ1) is 21.0. The van der Waals surface area contributed by atoms with E-state index in [0.717, 1.165) is 5.56 Å². The molecule has 0 aromatic heterocycles. The van der Waals surface area contributed by atoms with Gasteiger partial charge in [0.15, 0.2) is 0 Å². The van der Waals surface area contributed by atoms with Gasteiger partial charge in [-0.3, -0.25) is 9.59 Å². The fourth-order valence-corrected chi connectivity index (χ4v) is 3.80. The predicted molar refractivity (Wildman–Crippen MR) is 113 cm³/mol. The van der Waals surface area contributed by atoms with Gasteiger partial charge in [0.05, 0.1) is 39.5 Å². The average Bonchev–Trinajstić information content (AvgIpc) is 3.05. The van der Waals surface area contributed by atoms with Crippen LogP contribution in [0.15, 0.2) is 36.4 Å². The zero-order valence-electron chi connectivity index (χ0n) is 17.8. The van der Waals surface area contributed by atoms with Crippen LogP contribution in [0, 0.1) is 0 Å². The van der Waals surface area contributed by atoms with E-state index in [0.29, 0.717) is 74.4 Å². The number of nitrogens with zero attached hydrogens (tertiary/aromatic N) is 2. The van der Waals surface area contributed by atoms with Crippen molar-refractivity contribution in [3.05, 3.63) is 53.1 Å². The van der Waals surface area contributed by atoms with Crippen molar-refractivity contribution in [2.24, 2.45) is 0 Å². The summed E-state index contributed by atoms with van der Waals surface area (Å²) in [6.45, 7) is 3.39. The number of methoxy groups -OCH3 is 2. The van der Waals surface area contributed by atoms with Gasteiger partial charge in [-0.25, -0.2) is 0 Å². The summed E-state index contributed by atoms with van der Waals surface area (Å²) in [4.78, 5) is 29.6. The number of carbonyl (C=O) groups excluding carboxylic acids is 2. The summed E-state index contributed by atoms with van der Waals surface area (Å²) in [6, 6.07) is 10.5. The van der Waals surface area contributed by atoms with Gasteiger partial charge >= 0.3 is 0 Å². The van der Waals surface area contributed by atoms with Crippen LogP contribution < -0.4 is 14.2 Å². The predicted octanol–water partition coefficient (Wildman–Crippen LogP) is 2.21. The van der Waals surface area contributed by atoms with Gasteiger partial charge in [-0.15, -0.1) is 0 Å². The number of hydrogen-bond donors (Lipinski definition) is 0. The summed E-state index contributed by atoms with van der Waals surface area (Å²) in [5, 5.41) is 0. The number of ether oxygens (including phenoxy) is 4. The minimum Gasteiger partial charge on any atom is -0.497 e. The Bertz CT molecular complexity index is 971. The Morgan fingerprint density at radius 1 is 0.871 bits per heavy atom. The molecule has 0 radical (unpaired) electrons. The monoisotopic (exact) mass is 426 g/mol. The Balaban J connectivity index is 1.57. The summed E-state index contributed by atoms with van der Waals surface area (Å²) < 4.78 is 21.8. The molecule has 0 aliphatic carbocycles. The Morgan fingerprint density at radius 2 is 1.65 bits per heavy atom. The average molecular weight is 426 g/mol. The number of carbonyl (C=O) groups is 2. The van der Waals surface area contributed by atoms with E-state index in [4.69, 9.17) is 18.9 Å². The van der Waals surface area contributed by atoms with Gasteiger partial charge in [-0.2, -0.15) is 0 Å². The largest absolute Gasteiger partial charge is 0.497 e. The molecule has 1 saturated heterocycles. The van der Waals surface area contributed by atoms with E-state index in [9.17, 15) is 9.59 Å². The highest BCUT2D eigenvalue weighted by atomic mass is 16.5. The molecular formula is C23H26N2O6. The number of amides is 2. The van der Waals surface area contributed by atoms with E-state index in [-0.39, 0.29) is 11.8 Å². The maximum Gasteiger partial charge on any atom is 0.258 e. The van der Waals surface area contributed by atoms with Gasteiger partial charge in [-0.05, 0) is 30.3 Å². The summed E-state index contributed by atoms with van der Waals surface area (Å²) in [6.07, 6.45) is 0. The summed E-state index contributed by atoms with van der Waals surface area (Å²) in [5.41, 5.74) is 1.84. The fourth-order valence-electron chi connectivity index (χ4n) is 3.80. The van der Waals surface area contributed by atoms with Crippen LogP contribution in [0.4, 0.5) is 0 Å². The molecule has 0 atom stereocenters. The van der Waals surface area contributed by atoms with Crippen LogP contribution in [0.3, 0.4) is 0 Å². The van der Waals surface area contributed by atoms with E-state index in [2.05, 4.69) is 0 Å². The second-order valence-corrected chi connectivity index (χ2v) is 7.37. The van der Waals surface area contributed by atoms with Crippen LogP contribution in [0.25, 0.3) is 0 Å². The zero-order chi connectivity index (χ0) is 21.8. The van der Waals surface area contributed by atoms with Crippen LogP contribution in [0.1, 0.15) is 26.3 Å². The van der Waals surface area contributed by atoms with Crippen molar-refractivity contribution < 1.29 is 28.5 Å². The lowest BCUT2D eigenvalue weighted by Gasteiger charge is -2.27. The smallest absolute Gasteiger partial charge is 0.258 e. The van der Waals surface area contributed by atoms with Crippen molar-refractivity contribution in [1.29, 1.82) is 0 Å². The maximum absolute atomic E-state index is 13.3. The zero-order valence-corrected chi connectivity index (χ0v) is 17.8. The quantitative estimate of drug-likeness (QED) is 0.746. The summed E-state index contributed by atoms with van der Waals surface area (Å²) in [7, 11) is 3.09. The molecule has 8 nitrogen and oxygen atoms in total. The highest BCUT2D eigenvalue weighted by Gasteiger charge is 2.25. The van der Waals surface area contributed by atoms with Gasteiger partial charge < -0.3 is 28.7 Å². The van der Waals surface area contributed by atoms with Crippen LogP contribution in [-0.2, 0) is 11.3 Å². The molecule has 2 heterocycles. The number of fused-ring (bicyclic) bond motifs is 1. The van der Waals surface area contributed by atoms with Crippen molar-refractivity contribution >= 4 is 11.8 Å². The molecule has 2 aromatic carbocycles. The first-order valence-electron chi connectivity index (χ1n) is 10.2. The molecule has 2 amide bonds. The highest BCUT2D eigenvalue weighted by molar-refractivity contribution is 5.97. The van der Waals surface area contributed by atoms with Crippen LogP contribution in [0.2, 0.25) is 0 Å². The topological polar surface area (TPSA) is 77.5 Å². The molecule has 4 rings (SSSR count).